The molecule has 4 heteroatoms. The summed E-state index contributed by atoms with van der Waals surface area (Å²) in [5.41, 5.74) is 0. The number of rotatable bonds is 0. The first-order valence-electron chi connectivity index (χ1n) is 3.71. The lowest BCUT2D eigenvalue weighted by Gasteiger charge is -1.98. The van der Waals surface area contributed by atoms with Crippen LogP contribution in [0.3, 0.4) is 0 Å². The Labute approximate surface area is 95.3 Å². The molecular formula is C8H24Cl2P2. The second-order valence-electron chi connectivity index (χ2n) is 5.12. The van der Waals surface area contributed by atoms with Crippen LogP contribution < -0.4 is 24.8 Å². The van der Waals surface area contributed by atoms with E-state index in [-0.39, 0.29) is 24.8 Å². The standard InChI is InChI=1S/2C4H11P.2ClH/c2*1-4(2,3)5;;/h2*5H2,1-3H3;2*1H. The van der Waals surface area contributed by atoms with E-state index >= 15 is 0 Å². The van der Waals surface area contributed by atoms with E-state index in [0.29, 0.717) is 10.3 Å². The van der Waals surface area contributed by atoms with Gasteiger partial charge in [-0.15, -0.1) is 0 Å². The lowest BCUT2D eigenvalue weighted by Crippen LogP contribution is -3.00. The van der Waals surface area contributed by atoms with E-state index in [0.717, 1.165) is 0 Å². The number of hydrogen-bond donors (Lipinski definition) is 0. The SMILES string of the molecule is CC(C)(C)[PH3+].CC(C)(C)[PH3+].[Cl-].[Cl-]. The van der Waals surface area contributed by atoms with E-state index in [1.165, 1.54) is 0 Å². The van der Waals surface area contributed by atoms with Crippen LogP contribution in [0.5, 0.6) is 0 Å². The van der Waals surface area contributed by atoms with Gasteiger partial charge in [-0.2, -0.15) is 0 Å². The van der Waals surface area contributed by atoms with Crippen LogP contribution in [0.25, 0.3) is 0 Å². The fourth-order valence-corrected chi connectivity index (χ4v) is 0. The lowest BCUT2D eigenvalue weighted by atomic mass is 10.3. The Hall–Kier alpha value is 1.44. The van der Waals surface area contributed by atoms with Gasteiger partial charge in [0.1, 0.15) is 0 Å². The summed E-state index contributed by atoms with van der Waals surface area (Å²) in [6.07, 6.45) is 0. The molecule has 0 bridgehead atoms. The lowest BCUT2D eigenvalue weighted by molar-refractivity contribution is -0.00100. The maximum atomic E-state index is 2.20. The van der Waals surface area contributed by atoms with Crippen LogP contribution in [0, 0.1) is 0 Å². The summed E-state index contributed by atoms with van der Waals surface area (Å²) in [5, 5.41) is 1.06. The first-order valence-corrected chi connectivity index (χ1v) is 5.12. The Bertz CT molecular complexity index is 58.0. The third kappa shape index (κ3) is 601. The van der Waals surface area contributed by atoms with Crippen molar-refractivity contribution >= 4 is 18.5 Å². The molecule has 0 aromatic carbocycles. The molecule has 0 aliphatic rings. The zero-order chi connectivity index (χ0) is 9.00. The minimum atomic E-state index is 0. The molecule has 0 nitrogen and oxygen atoms in total. The van der Waals surface area contributed by atoms with Gasteiger partial charge in [-0.1, -0.05) is 0 Å². The van der Waals surface area contributed by atoms with E-state index in [9.17, 15) is 0 Å². The molecule has 0 heterocycles. The van der Waals surface area contributed by atoms with Gasteiger partial charge in [0.05, 0.1) is 10.3 Å². The second kappa shape index (κ2) is 9.01. The molecule has 0 fully saturated rings. The van der Waals surface area contributed by atoms with Gasteiger partial charge in [0, 0.05) is 0 Å². The van der Waals surface area contributed by atoms with Crippen LogP contribution in [0.2, 0.25) is 0 Å². The van der Waals surface area contributed by atoms with Crippen LogP contribution >= 0.6 is 18.5 Å². The Morgan fingerprint density at radius 3 is 0.583 bits per heavy atom. The van der Waals surface area contributed by atoms with Gasteiger partial charge in [0.2, 0.25) is 0 Å². The summed E-state index contributed by atoms with van der Waals surface area (Å²) >= 11 is 0. The smallest absolute Gasteiger partial charge is 0.0648 e. The molecule has 12 heavy (non-hydrogen) atoms. The zero-order valence-corrected chi connectivity index (χ0v) is 13.5. The molecule has 0 rings (SSSR count). The van der Waals surface area contributed by atoms with Crippen molar-refractivity contribution in [1.82, 2.24) is 0 Å². The van der Waals surface area contributed by atoms with Crippen LogP contribution in [0.15, 0.2) is 0 Å². The maximum absolute atomic E-state index is 2.20. The van der Waals surface area contributed by atoms with Gasteiger partial charge in [-0.25, -0.2) is 0 Å². The third-order valence-electron chi connectivity index (χ3n) is 0. The highest BCUT2D eigenvalue weighted by atomic mass is 35.5. The maximum Gasteiger partial charge on any atom is 0.0648 e. The van der Waals surface area contributed by atoms with Gasteiger partial charge < -0.3 is 24.8 Å². The second-order valence-corrected chi connectivity index (χ2v) is 9.36. The van der Waals surface area contributed by atoms with Gasteiger partial charge >= 0.3 is 0 Å². The van der Waals surface area contributed by atoms with Crippen molar-refractivity contribution < 1.29 is 24.8 Å². The van der Waals surface area contributed by atoms with Crippen molar-refractivity contribution in [3.63, 3.8) is 0 Å². The normalized spacial score (nSPS) is 10.5. The molecule has 2 atom stereocenters. The van der Waals surface area contributed by atoms with Crippen molar-refractivity contribution in [2.75, 3.05) is 0 Å². The monoisotopic (exact) mass is 252 g/mol. The summed E-state index contributed by atoms with van der Waals surface area (Å²) in [4.78, 5) is 0. The highest BCUT2D eigenvalue weighted by Crippen LogP contribution is 2.12. The Balaban J connectivity index is -0.0000000457. The summed E-state index contributed by atoms with van der Waals surface area (Å²) in [5.74, 6) is 0. The van der Waals surface area contributed by atoms with Gasteiger partial charge in [-0.3, -0.25) is 0 Å². The van der Waals surface area contributed by atoms with Gasteiger partial charge in [-0.05, 0) is 60.0 Å². The van der Waals surface area contributed by atoms with Crippen LogP contribution in [-0.4, -0.2) is 10.3 Å². The molecule has 0 aromatic heterocycles. The first-order chi connectivity index (χ1) is 4.00. The summed E-state index contributed by atoms with van der Waals surface area (Å²) < 4.78 is 0. The van der Waals surface area contributed by atoms with Gasteiger partial charge in [0.25, 0.3) is 0 Å². The van der Waals surface area contributed by atoms with Gasteiger partial charge in [0.15, 0.2) is 0 Å². The van der Waals surface area contributed by atoms with Crippen molar-refractivity contribution in [3.8, 4) is 0 Å². The number of hydrogen-bond acceptors (Lipinski definition) is 0. The van der Waals surface area contributed by atoms with Crippen molar-refractivity contribution in [3.05, 3.63) is 0 Å². The van der Waals surface area contributed by atoms with E-state index < -0.39 is 0 Å². The molecule has 0 N–H and O–H groups in total. The average Bonchev–Trinajstić information content (AvgIpc) is 1.12. The Kier molecular flexibility index (Phi) is 17.5. The molecule has 0 aliphatic heterocycles. The molecule has 0 aliphatic carbocycles. The Morgan fingerprint density at radius 1 is 0.583 bits per heavy atom. The van der Waals surface area contributed by atoms with Crippen LogP contribution in [0.4, 0.5) is 0 Å². The minimum Gasteiger partial charge on any atom is -1.00 e. The molecule has 80 valence electrons. The molecular weight excluding hydrogens is 229 g/mol. The van der Waals surface area contributed by atoms with Crippen LogP contribution in [-0.2, 0) is 0 Å². The predicted molar refractivity (Wildman–Crippen MR) is 61.7 cm³/mol. The van der Waals surface area contributed by atoms with E-state index in [4.69, 9.17) is 0 Å². The number of halogens is 2. The average molecular weight is 253 g/mol. The quantitative estimate of drug-likeness (QED) is 0.399. The molecule has 0 radical (unpaired) electrons. The highest BCUT2D eigenvalue weighted by molar-refractivity contribution is 7.18. The highest BCUT2D eigenvalue weighted by Gasteiger charge is 2.03. The van der Waals surface area contributed by atoms with Crippen molar-refractivity contribution in [2.45, 2.75) is 51.9 Å². The van der Waals surface area contributed by atoms with E-state index in [1.807, 2.05) is 18.5 Å². The molecule has 0 aromatic rings. The largest absolute Gasteiger partial charge is 1.00 e. The topological polar surface area (TPSA) is 0 Å². The van der Waals surface area contributed by atoms with Crippen molar-refractivity contribution in [1.29, 1.82) is 0 Å². The zero-order valence-electron chi connectivity index (χ0n) is 9.17. The fraction of sp³-hybridized carbons (Fsp3) is 1.00. The van der Waals surface area contributed by atoms with E-state index in [2.05, 4.69) is 41.5 Å². The molecule has 0 spiro atoms. The fourth-order valence-electron chi connectivity index (χ4n) is 0. The summed E-state index contributed by atoms with van der Waals surface area (Å²) in [6, 6.07) is 0. The van der Waals surface area contributed by atoms with Crippen LogP contribution in [0.1, 0.15) is 41.5 Å². The van der Waals surface area contributed by atoms with E-state index in [1.54, 1.807) is 0 Å². The first kappa shape index (κ1) is 23.3. The molecule has 0 amide bonds. The summed E-state index contributed by atoms with van der Waals surface area (Å²) in [7, 11) is 4.02. The Morgan fingerprint density at radius 2 is 0.583 bits per heavy atom. The molecule has 0 saturated heterocycles. The minimum absolute atomic E-state index is 0. The predicted octanol–water partition coefficient (Wildman–Crippen LogP) is -3.21. The molecule has 0 saturated carbocycles. The summed E-state index contributed by atoms with van der Waals surface area (Å²) in [6.45, 7) is 13.2. The molecule has 2 unspecified atom stereocenters. The van der Waals surface area contributed by atoms with Crippen molar-refractivity contribution in [2.24, 2.45) is 0 Å². The third-order valence-corrected chi connectivity index (χ3v) is 0.